The summed E-state index contributed by atoms with van der Waals surface area (Å²) in [6, 6.07) is 0. The van der Waals surface area contributed by atoms with E-state index in [2.05, 4.69) is 37.2 Å². The van der Waals surface area contributed by atoms with E-state index in [-0.39, 0.29) is 0 Å². The van der Waals surface area contributed by atoms with E-state index in [0.717, 1.165) is 0 Å². The van der Waals surface area contributed by atoms with E-state index in [9.17, 15) is 5.11 Å². The summed E-state index contributed by atoms with van der Waals surface area (Å²) in [6.07, 6.45) is 1.20. The average molecular weight is 168 g/mol. The van der Waals surface area contributed by atoms with Crippen molar-refractivity contribution in [1.82, 2.24) is 0 Å². The highest BCUT2D eigenvalue weighted by Gasteiger charge is 2.07. The van der Waals surface area contributed by atoms with Crippen molar-refractivity contribution in [2.24, 2.45) is 0 Å². The topological polar surface area (TPSA) is 20.2 Å². The molecule has 0 spiro atoms. The van der Waals surface area contributed by atoms with Gasteiger partial charge in [0, 0.05) is 0 Å². The summed E-state index contributed by atoms with van der Waals surface area (Å²) in [5, 5.41) is 9.17. The van der Waals surface area contributed by atoms with Crippen LogP contribution in [-0.4, -0.2) is 19.3 Å². The molecule has 1 N–H and O–H groups in total. The van der Waals surface area contributed by atoms with Gasteiger partial charge in [0.05, 0.1) is 8.07 Å². The molecule has 62 valence electrons. The molecule has 0 fully saturated rings. The lowest BCUT2D eigenvalue weighted by atomic mass is 10.4. The fraction of sp³-hybridized carbons (Fsp3) is 0.556. The Labute approximate surface area is 70.1 Å². The van der Waals surface area contributed by atoms with E-state index in [0.29, 0.717) is 0 Å². The van der Waals surface area contributed by atoms with Crippen molar-refractivity contribution in [3.63, 3.8) is 0 Å². The molecule has 0 heterocycles. The predicted molar refractivity (Wildman–Crippen MR) is 51.9 cm³/mol. The van der Waals surface area contributed by atoms with Gasteiger partial charge in [-0.3, -0.25) is 0 Å². The van der Waals surface area contributed by atoms with Gasteiger partial charge < -0.3 is 5.11 Å². The molecule has 0 bridgehead atoms. The fourth-order valence-corrected chi connectivity index (χ4v) is 1.34. The molecular weight excluding hydrogens is 152 g/mol. The first-order chi connectivity index (χ1) is 4.95. The van der Waals surface area contributed by atoms with Crippen LogP contribution in [-0.2, 0) is 0 Å². The molecule has 0 aliphatic heterocycles. The van der Waals surface area contributed by atoms with E-state index >= 15 is 0 Å². The minimum atomic E-state index is -1.16. The van der Waals surface area contributed by atoms with Crippen molar-refractivity contribution >= 4 is 8.07 Å². The molecule has 0 saturated carbocycles. The number of rotatable bonds is 2. The molecule has 0 radical (unpaired) electrons. The van der Waals surface area contributed by atoms with Crippen LogP contribution in [0.1, 0.15) is 6.92 Å². The molecule has 1 unspecified atom stereocenters. The van der Waals surface area contributed by atoms with Crippen LogP contribution in [0.2, 0.25) is 19.6 Å². The zero-order valence-electron chi connectivity index (χ0n) is 7.68. The lowest BCUT2D eigenvalue weighted by molar-refractivity contribution is 0.281. The number of hydrogen-bond acceptors (Lipinski definition) is 1. The average Bonchev–Trinajstić information content (AvgIpc) is 1.83. The Hall–Kier alpha value is -0.523. The molecule has 2 heteroatoms. The van der Waals surface area contributed by atoms with Crippen LogP contribution in [0.3, 0.4) is 0 Å². The van der Waals surface area contributed by atoms with Gasteiger partial charge in [-0.05, 0) is 6.92 Å². The van der Waals surface area contributed by atoms with Crippen molar-refractivity contribution in [3.8, 4) is 11.8 Å². The minimum absolute atomic E-state index is 0.577. The summed E-state index contributed by atoms with van der Waals surface area (Å²) in [7, 11) is -1.16. The number of aliphatic hydroxyl groups excluding tert-OH is 1. The van der Waals surface area contributed by atoms with Gasteiger partial charge in [-0.1, -0.05) is 37.3 Å². The zero-order valence-corrected chi connectivity index (χ0v) is 8.68. The lowest BCUT2D eigenvalue weighted by Gasteiger charge is -2.08. The molecule has 0 aliphatic rings. The van der Waals surface area contributed by atoms with Gasteiger partial charge in [0.2, 0.25) is 0 Å². The maximum absolute atomic E-state index is 9.17. The summed E-state index contributed by atoms with van der Waals surface area (Å²) in [5.41, 5.74) is 2.10. The Morgan fingerprint density at radius 1 is 1.36 bits per heavy atom. The maximum Gasteiger partial charge on any atom is 0.132 e. The van der Waals surface area contributed by atoms with E-state index in [1.807, 2.05) is 0 Å². The quantitative estimate of drug-likeness (QED) is 0.492. The molecule has 1 atom stereocenters. The van der Waals surface area contributed by atoms with Crippen LogP contribution < -0.4 is 0 Å². The molecule has 0 aromatic carbocycles. The largest absolute Gasteiger partial charge is 0.377 e. The monoisotopic (exact) mass is 168 g/mol. The van der Waals surface area contributed by atoms with Crippen molar-refractivity contribution in [3.05, 3.63) is 11.8 Å². The highest BCUT2D eigenvalue weighted by molar-refractivity contribution is 6.80. The van der Waals surface area contributed by atoms with E-state index in [4.69, 9.17) is 0 Å². The second kappa shape index (κ2) is 4.37. The first kappa shape index (κ1) is 10.5. The summed E-state index contributed by atoms with van der Waals surface area (Å²) in [5.74, 6) is 5.33. The highest BCUT2D eigenvalue weighted by Crippen LogP contribution is 2.02. The van der Waals surface area contributed by atoms with E-state index < -0.39 is 14.2 Å². The minimum Gasteiger partial charge on any atom is -0.377 e. The summed E-state index contributed by atoms with van der Waals surface area (Å²) >= 11 is 0. The maximum atomic E-state index is 9.17. The van der Waals surface area contributed by atoms with Crippen molar-refractivity contribution in [2.45, 2.75) is 32.7 Å². The van der Waals surface area contributed by atoms with Gasteiger partial charge in [0.25, 0.3) is 0 Å². The van der Waals surface area contributed by atoms with Crippen LogP contribution in [0.4, 0.5) is 0 Å². The smallest absolute Gasteiger partial charge is 0.132 e. The molecule has 0 aliphatic carbocycles. The third-order valence-electron chi connectivity index (χ3n) is 1.07. The summed E-state index contributed by atoms with van der Waals surface area (Å²) < 4.78 is 0. The van der Waals surface area contributed by atoms with Gasteiger partial charge in [-0.25, -0.2) is 0 Å². The SMILES string of the molecule is CC#CC(O)/C=C/[Si](C)(C)C. The Balaban J connectivity index is 4.00. The van der Waals surface area contributed by atoms with Crippen LogP contribution in [0.5, 0.6) is 0 Å². The molecule has 0 rings (SSSR count). The zero-order chi connectivity index (χ0) is 8.91. The van der Waals surface area contributed by atoms with Gasteiger partial charge >= 0.3 is 0 Å². The Bertz CT molecular complexity index is 190. The van der Waals surface area contributed by atoms with Gasteiger partial charge in [-0.15, -0.1) is 5.92 Å². The molecule has 0 saturated heterocycles. The van der Waals surface area contributed by atoms with Crippen molar-refractivity contribution < 1.29 is 5.11 Å². The summed E-state index contributed by atoms with van der Waals surface area (Å²) in [6.45, 7) is 8.38. The van der Waals surface area contributed by atoms with E-state index in [1.165, 1.54) is 0 Å². The molecule has 0 amide bonds. The van der Waals surface area contributed by atoms with Crippen molar-refractivity contribution in [2.75, 3.05) is 0 Å². The number of hydrogen-bond donors (Lipinski definition) is 1. The fourth-order valence-electron chi connectivity index (χ4n) is 0.576. The number of aliphatic hydroxyl groups is 1. The molecular formula is C9H16OSi. The summed E-state index contributed by atoms with van der Waals surface area (Å²) in [4.78, 5) is 0. The predicted octanol–water partition coefficient (Wildman–Crippen LogP) is 1.80. The van der Waals surface area contributed by atoms with Gasteiger partial charge in [0.15, 0.2) is 0 Å². The van der Waals surface area contributed by atoms with Crippen LogP contribution in [0.25, 0.3) is 0 Å². The van der Waals surface area contributed by atoms with Crippen LogP contribution >= 0.6 is 0 Å². The third-order valence-corrected chi connectivity index (χ3v) is 2.26. The normalized spacial score (nSPS) is 14.3. The second-order valence-electron chi connectivity index (χ2n) is 3.56. The van der Waals surface area contributed by atoms with Crippen LogP contribution in [0.15, 0.2) is 11.8 Å². The molecule has 0 aromatic heterocycles. The molecule has 1 nitrogen and oxygen atoms in total. The molecule has 11 heavy (non-hydrogen) atoms. The Morgan fingerprint density at radius 3 is 2.27 bits per heavy atom. The second-order valence-corrected chi connectivity index (χ2v) is 8.63. The third kappa shape index (κ3) is 7.37. The first-order valence-corrected chi connectivity index (χ1v) is 7.33. The van der Waals surface area contributed by atoms with Gasteiger partial charge in [0.1, 0.15) is 6.10 Å². The van der Waals surface area contributed by atoms with E-state index in [1.54, 1.807) is 13.0 Å². The Morgan fingerprint density at radius 2 is 1.91 bits per heavy atom. The lowest BCUT2D eigenvalue weighted by Crippen LogP contribution is -2.16. The molecule has 0 aromatic rings. The van der Waals surface area contributed by atoms with Gasteiger partial charge in [-0.2, -0.15) is 0 Å². The standard InChI is InChI=1S/C9H16OSi/c1-5-6-9(10)7-8-11(2,3)4/h7-10H,1-4H3/b8-7+. The highest BCUT2D eigenvalue weighted by atomic mass is 28.3. The first-order valence-electron chi connectivity index (χ1n) is 3.75. The Kier molecular flexibility index (Phi) is 4.17. The van der Waals surface area contributed by atoms with Crippen molar-refractivity contribution in [1.29, 1.82) is 0 Å². The van der Waals surface area contributed by atoms with Crippen LogP contribution in [0, 0.1) is 11.8 Å².